The van der Waals surface area contributed by atoms with E-state index < -0.39 is 0 Å². The van der Waals surface area contributed by atoms with E-state index in [1.807, 2.05) is 22.9 Å². The summed E-state index contributed by atoms with van der Waals surface area (Å²) in [5, 5.41) is 0. The van der Waals surface area contributed by atoms with Crippen LogP contribution in [0.1, 0.15) is 0 Å². The SMILES string of the molecule is O=c1oc2ncccc2n1I. The Bertz CT molecular complexity index is 445. The second-order valence-corrected chi connectivity index (χ2v) is 2.94. The number of halogens is 1. The van der Waals surface area contributed by atoms with Gasteiger partial charge in [0.15, 0.2) is 0 Å². The standard InChI is InChI=1S/C6H3IN2O2/c7-9-4-2-1-3-8-5(4)11-6(9)10/h1-3H. The normalized spacial score (nSPS) is 10.6. The molecule has 0 fully saturated rings. The molecule has 0 aliphatic carbocycles. The molecule has 2 aromatic rings. The van der Waals surface area contributed by atoms with Gasteiger partial charge in [-0.15, -0.1) is 0 Å². The van der Waals surface area contributed by atoms with Crippen LogP contribution in [0.25, 0.3) is 11.2 Å². The quantitative estimate of drug-likeness (QED) is 0.670. The summed E-state index contributed by atoms with van der Waals surface area (Å²) in [7, 11) is 0. The Morgan fingerprint density at radius 3 is 3.18 bits per heavy atom. The molecule has 0 amide bonds. The molecular formula is C6H3IN2O2. The van der Waals surface area contributed by atoms with Crippen molar-refractivity contribution in [3.63, 3.8) is 0 Å². The molecule has 0 saturated heterocycles. The van der Waals surface area contributed by atoms with Crippen LogP contribution >= 0.6 is 22.9 Å². The molecule has 4 nitrogen and oxygen atoms in total. The minimum absolute atomic E-state index is 0.381. The number of rotatable bonds is 0. The van der Waals surface area contributed by atoms with Crippen molar-refractivity contribution in [1.82, 2.24) is 7.76 Å². The molecule has 2 rings (SSSR count). The molecule has 56 valence electrons. The fraction of sp³-hybridized carbons (Fsp3) is 0. The van der Waals surface area contributed by atoms with E-state index in [9.17, 15) is 4.79 Å². The van der Waals surface area contributed by atoms with Crippen LogP contribution in [0.5, 0.6) is 0 Å². The molecule has 2 aromatic heterocycles. The van der Waals surface area contributed by atoms with Crippen LogP contribution in [0.4, 0.5) is 0 Å². The molecular weight excluding hydrogens is 259 g/mol. The summed E-state index contributed by atoms with van der Waals surface area (Å²) in [6.07, 6.45) is 1.59. The van der Waals surface area contributed by atoms with Crippen molar-refractivity contribution in [2.45, 2.75) is 0 Å². The molecule has 11 heavy (non-hydrogen) atoms. The van der Waals surface area contributed by atoms with Crippen molar-refractivity contribution in [3.05, 3.63) is 28.9 Å². The molecule has 0 aromatic carbocycles. The van der Waals surface area contributed by atoms with Gasteiger partial charge in [0.1, 0.15) is 5.52 Å². The zero-order valence-electron chi connectivity index (χ0n) is 5.32. The summed E-state index contributed by atoms with van der Waals surface area (Å²) in [5.74, 6) is -0.390. The monoisotopic (exact) mass is 262 g/mol. The van der Waals surface area contributed by atoms with E-state index in [4.69, 9.17) is 4.42 Å². The fourth-order valence-corrected chi connectivity index (χ4v) is 1.30. The lowest BCUT2D eigenvalue weighted by Gasteiger charge is -1.84. The molecule has 2 heterocycles. The maximum absolute atomic E-state index is 10.9. The Balaban J connectivity index is 3.04. The van der Waals surface area contributed by atoms with Crippen molar-refractivity contribution in [2.75, 3.05) is 0 Å². The minimum atomic E-state index is -0.390. The predicted molar refractivity (Wildman–Crippen MR) is 47.7 cm³/mol. The van der Waals surface area contributed by atoms with Gasteiger partial charge in [0, 0.05) is 6.20 Å². The number of nitrogens with zero attached hydrogens (tertiary/aromatic N) is 2. The second-order valence-electron chi connectivity index (χ2n) is 1.98. The number of pyridine rings is 1. The number of hydrogen-bond donors (Lipinski definition) is 0. The van der Waals surface area contributed by atoms with Gasteiger partial charge in [0.05, 0.1) is 22.9 Å². The van der Waals surface area contributed by atoms with Gasteiger partial charge in [0.2, 0.25) is 5.71 Å². The number of hydrogen-bond acceptors (Lipinski definition) is 3. The first kappa shape index (κ1) is 6.84. The van der Waals surface area contributed by atoms with Gasteiger partial charge in [-0.05, 0) is 12.1 Å². The molecule has 0 N–H and O–H groups in total. The predicted octanol–water partition coefficient (Wildman–Crippen LogP) is 1.19. The first-order chi connectivity index (χ1) is 5.29. The zero-order valence-corrected chi connectivity index (χ0v) is 7.48. The molecule has 0 bridgehead atoms. The lowest BCUT2D eigenvalue weighted by Crippen LogP contribution is -2.02. The lowest BCUT2D eigenvalue weighted by atomic mass is 10.5. The first-order valence-electron chi connectivity index (χ1n) is 2.92. The van der Waals surface area contributed by atoms with Crippen LogP contribution in [-0.4, -0.2) is 7.76 Å². The van der Waals surface area contributed by atoms with Crippen LogP contribution in [0.3, 0.4) is 0 Å². The van der Waals surface area contributed by atoms with Crippen molar-refractivity contribution >= 4 is 34.1 Å². The third-order valence-electron chi connectivity index (χ3n) is 1.31. The topological polar surface area (TPSA) is 48.0 Å². The third-order valence-corrected chi connectivity index (χ3v) is 2.22. The van der Waals surface area contributed by atoms with Crippen molar-refractivity contribution < 1.29 is 4.42 Å². The summed E-state index contributed by atoms with van der Waals surface area (Å²) < 4.78 is 6.18. The molecule has 0 radical (unpaired) electrons. The number of fused-ring (bicyclic) bond motifs is 1. The van der Waals surface area contributed by atoms with Gasteiger partial charge in [-0.2, -0.15) is 0 Å². The van der Waals surface area contributed by atoms with Gasteiger partial charge in [-0.25, -0.2) is 12.6 Å². The number of aromatic nitrogens is 2. The van der Waals surface area contributed by atoms with Gasteiger partial charge in [-0.3, -0.25) is 0 Å². The van der Waals surface area contributed by atoms with Gasteiger partial charge in [-0.1, -0.05) is 0 Å². The van der Waals surface area contributed by atoms with Gasteiger partial charge in [0.25, 0.3) is 0 Å². The fourth-order valence-electron chi connectivity index (χ4n) is 0.832. The summed E-state index contributed by atoms with van der Waals surface area (Å²) in [6, 6.07) is 3.53. The zero-order chi connectivity index (χ0) is 7.84. The maximum atomic E-state index is 10.9. The van der Waals surface area contributed by atoms with E-state index in [1.165, 1.54) is 2.78 Å². The van der Waals surface area contributed by atoms with E-state index in [0.717, 1.165) is 0 Å². The van der Waals surface area contributed by atoms with Crippen LogP contribution in [0.2, 0.25) is 0 Å². The van der Waals surface area contributed by atoms with Crippen molar-refractivity contribution in [3.8, 4) is 0 Å². The molecule has 0 aliphatic rings. The molecule has 0 saturated carbocycles. The number of oxazole rings is 1. The first-order valence-corrected chi connectivity index (χ1v) is 3.88. The van der Waals surface area contributed by atoms with E-state index in [0.29, 0.717) is 11.2 Å². The van der Waals surface area contributed by atoms with Crippen LogP contribution < -0.4 is 5.76 Å². The Morgan fingerprint density at radius 2 is 2.45 bits per heavy atom. The highest BCUT2D eigenvalue weighted by Gasteiger charge is 2.05. The Labute approximate surface area is 75.3 Å². The molecule has 0 aliphatic heterocycles. The maximum Gasteiger partial charge on any atom is 0.430 e. The highest BCUT2D eigenvalue weighted by Crippen LogP contribution is 2.10. The molecule has 0 unspecified atom stereocenters. The van der Waals surface area contributed by atoms with Gasteiger partial charge >= 0.3 is 5.76 Å². The molecule has 5 heteroatoms. The van der Waals surface area contributed by atoms with E-state index in [2.05, 4.69) is 4.98 Å². The molecule has 0 atom stereocenters. The largest absolute Gasteiger partial charge is 0.430 e. The Kier molecular flexibility index (Phi) is 1.45. The van der Waals surface area contributed by atoms with Crippen LogP contribution in [0.15, 0.2) is 27.5 Å². The van der Waals surface area contributed by atoms with Crippen LogP contribution in [0, 0.1) is 0 Å². The minimum Gasteiger partial charge on any atom is -0.388 e. The summed E-state index contributed by atoms with van der Waals surface area (Å²) >= 11 is 1.87. The van der Waals surface area contributed by atoms with E-state index in [-0.39, 0.29) is 5.76 Å². The summed E-state index contributed by atoms with van der Waals surface area (Å²) in [6.45, 7) is 0. The Morgan fingerprint density at radius 1 is 1.64 bits per heavy atom. The van der Waals surface area contributed by atoms with E-state index >= 15 is 0 Å². The van der Waals surface area contributed by atoms with Crippen LogP contribution in [-0.2, 0) is 0 Å². The summed E-state index contributed by atoms with van der Waals surface area (Å²) in [5.41, 5.74) is 1.09. The van der Waals surface area contributed by atoms with Crippen molar-refractivity contribution in [1.29, 1.82) is 0 Å². The second kappa shape index (κ2) is 2.33. The smallest absolute Gasteiger partial charge is 0.388 e. The highest BCUT2D eigenvalue weighted by molar-refractivity contribution is 14.1. The lowest BCUT2D eigenvalue weighted by molar-refractivity contribution is 0.543. The Hall–Kier alpha value is -0.850. The average Bonchev–Trinajstić information content (AvgIpc) is 2.30. The van der Waals surface area contributed by atoms with E-state index in [1.54, 1.807) is 18.3 Å². The third kappa shape index (κ3) is 0.953. The summed E-state index contributed by atoms with van der Waals surface area (Å²) in [4.78, 5) is 14.8. The highest BCUT2D eigenvalue weighted by atomic mass is 127. The van der Waals surface area contributed by atoms with Crippen molar-refractivity contribution in [2.24, 2.45) is 0 Å². The average molecular weight is 262 g/mol. The molecule has 0 spiro atoms. The van der Waals surface area contributed by atoms with Gasteiger partial charge < -0.3 is 4.42 Å².